The highest BCUT2D eigenvalue weighted by molar-refractivity contribution is 5.74. The fourth-order valence-electron chi connectivity index (χ4n) is 1.87. The topological polar surface area (TPSA) is 66.6 Å². The van der Waals surface area contributed by atoms with E-state index in [1.165, 1.54) is 0 Å². The maximum atomic E-state index is 10.8. The van der Waals surface area contributed by atoms with Crippen molar-refractivity contribution in [3.8, 4) is 0 Å². The van der Waals surface area contributed by atoms with Gasteiger partial charge >= 0.3 is 5.97 Å². The van der Waals surface area contributed by atoms with Crippen LogP contribution in [-0.2, 0) is 4.79 Å². The zero-order valence-corrected chi connectivity index (χ0v) is 8.23. The number of hydrogen-bond donors (Lipinski definition) is 2. The Kier molecular flexibility index (Phi) is 3.27. The Morgan fingerprint density at radius 1 is 1.69 bits per heavy atom. The molecule has 0 aliphatic carbocycles. The van der Waals surface area contributed by atoms with E-state index in [9.17, 15) is 4.79 Å². The van der Waals surface area contributed by atoms with E-state index in [1.807, 2.05) is 4.90 Å². The Balaban J connectivity index is 2.55. The highest BCUT2D eigenvalue weighted by Gasteiger charge is 2.34. The van der Waals surface area contributed by atoms with Gasteiger partial charge in [-0.3, -0.25) is 9.69 Å². The Labute approximate surface area is 78.7 Å². The molecule has 4 nitrogen and oxygen atoms in total. The third kappa shape index (κ3) is 2.67. The van der Waals surface area contributed by atoms with Crippen molar-refractivity contribution < 1.29 is 9.90 Å². The van der Waals surface area contributed by atoms with Gasteiger partial charge in [0.05, 0.1) is 0 Å². The zero-order chi connectivity index (χ0) is 10.0. The summed E-state index contributed by atoms with van der Waals surface area (Å²) in [5.74, 6) is -0.249. The summed E-state index contributed by atoms with van der Waals surface area (Å²) in [6, 6.07) is -0.336. The van der Waals surface area contributed by atoms with E-state index < -0.39 is 5.97 Å². The summed E-state index contributed by atoms with van der Waals surface area (Å²) >= 11 is 0. The third-order valence-corrected chi connectivity index (χ3v) is 2.32. The summed E-state index contributed by atoms with van der Waals surface area (Å²) in [5, 5.41) is 8.92. The number of rotatable bonds is 3. The minimum atomic E-state index is -0.742. The number of hydrogen-bond acceptors (Lipinski definition) is 3. The number of aliphatic carboxylic acids is 1. The average molecular weight is 186 g/mol. The van der Waals surface area contributed by atoms with E-state index in [0.717, 1.165) is 13.1 Å². The van der Waals surface area contributed by atoms with Gasteiger partial charge < -0.3 is 10.8 Å². The molecule has 2 atom stereocenters. The van der Waals surface area contributed by atoms with E-state index in [2.05, 4.69) is 13.8 Å². The summed E-state index contributed by atoms with van der Waals surface area (Å²) in [4.78, 5) is 12.8. The summed E-state index contributed by atoms with van der Waals surface area (Å²) in [6.45, 7) is 5.71. The largest absolute Gasteiger partial charge is 0.480 e. The first-order chi connectivity index (χ1) is 6.00. The molecule has 1 fully saturated rings. The smallest absolute Gasteiger partial charge is 0.320 e. The lowest BCUT2D eigenvalue weighted by molar-refractivity contribution is -0.142. The van der Waals surface area contributed by atoms with E-state index >= 15 is 0 Å². The molecule has 0 amide bonds. The van der Waals surface area contributed by atoms with Crippen LogP contribution in [0.25, 0.3) is 0 Å². The van der Waals surface area contributed by atoms with Gasteiger partial charge in [-0.05, 0) is 12.3 Å². The molecule has 0 radical (unpaired) electrons. The highest BCUT2D eigenvalue weighted by Crippen LogP contribution is 2.17. The predicted octanol–water partition coefficient (Wildman–Crippen LogP) is 0.129. The van der Waals surface area contributed by atoms with Gasteiger partial charge in [0.2, 0.25) is 0 Å². The van der Waals surface area contributed by atoms with Gasteiger partial charge in [-0.1, -0.05) is 13.8 Å². The molecule has 0 aromatic carbocycles. The standard InChI is InChI=1S/C9H18N2O2/c1-6(2)4-11-5-7(10)3-8(11)9(12)13/h6-8H,3-5,10H2,1-2H3,(H,12,13). The maximum Gasteiger partial charge on any atom is 0.320 e. The van der Waals surface area contributed by atoms with Crippen LogP contribution in [0.4, 0.5) is 0 Å². The lowest BCUT2D eigenvalue weighted by atomic mass is 10.1. The molecule has 76 valence electrons. The molecule has 1 aliphatic heterocycles. The number of likely N-dealkylation sites (tertiary alicyclic amines) is 1. The highest BCUT2D eigenvalue weighted by atomic mass is 16.4. The van der Waals surface area contributed by atoms with Crippen molar-refractivity contribution in [1.82, 2.24) is 4.90 Å². The number of carboxylic acids is 1. The van der Waals surface area contributed by atoms with Crippen LogP contribution in [-0.4, -0.2) is 41.1 Å². The predicted molar refractivity (Wildman–Crippen MR) is 50.4 cm³/mol. The number of nitrogens with zero attached hydrogens (tertiary/aromatic N) is 1. The first-order valence-electron chi connectivity index (χ1n) is 4.73. The normalized spacial score (nSPS) is 29.8. The van der Waals surface area contributed by atoms with Crippen LogP contribution in [0, 0.1) is 5.92 Å². The fraction of sp³-hybridized carbons (Fsp3) is 0.889. The SMILES string of the molecule is CC(C)CN1CC(N)CC1C(=O)O. The van der Waals surface area contributed by atoms with E-state index in [4.69, 9.17) is 10.8 Å². The Bertz CT molecular complexity index is 194. The number of carboxylic acid groups (broad SMARTS) is 1. The van der Waals surface area contributed by atoms with Crippen molar-refractivity contribution in [2.45, 2.75) is 32.4 Å². The van der Waals surface area contributed by atoms with Crippen LogP contribution in [0.1, 0.15) is 20.3 Å². The van der Waals surface area contributed by atoms with Gasteiger partial charge in [0.15, 0.2) is 0 Å². The Morgan fingerprint density at radius 3 is 2.77 bits per heavy atom. The van der Waals surface area contributed by atoms with Gasteiger partial charge in [-0.2, -0.15) is 0 Å². The van der Waals surface area contributed by atoms with Gasteiger partial charge in [0, 0.05) is 19.1 Å². The zero-order valence-electron chi connectivity index (χ0n) is 8.23. The second-order valence-electron chi connectivity index (χ2n) is 4.20. The van der Waals surface area contributed by atoms with Crippen LogP contribution in [0.2, 0.25) is 0 Å². The molecule has 4 heteroatoms. The van der Waals surface area contributed by atoms with Crippen LogP contribution in [0.5, 0.6) is 0 Å². The molecule has 2 unspecified atom stereocenters. The molecule has 0 aromatic rings. The van der Waals surface area contributed by atoms with Crippen LogP contribution < -0.4 is 5.73 Å². The Morgan fingerprint density at radius 2 is 2.31 bits per heavy atom. The van der Waals surface area contributed by atoms with Crippen molar-refractivity contribution in [2.24, 2.45) is 11.7 Å². The third-order valence-electron chi connectivity index (χ3n) is 2.32. The minimum absolute atomic E-state index is 0.0276. The monoisotopic (exact) mass is 186 g/mol. The molecule has 0 bridgehead atoms. The second-order valence-corrected chi connectivity index (χ2v) is 4.20. The molecule has 3 N–H and O–H groups in total. The molecule has 0 aromatic heterocycles. The van der Waals surface area contributed by atoms with Gasteiger partial charge in [0.1, 0.15) is 6.04 Å². The van der Waals surface area contributed by atoms with E-state index in [1.54, 1.807) is 0 Å². The van der Waals surface area contributed by atoms with Crippen molar-refractivity contribution in [1.29, 1.82) is 0 Å². The van der Waals surface area contributed by atoms with E-state index in [-0.39, 0.29) is 12.1 Å². The second kappa shape index (κ2) is 4.07. The van der Waals surface area contributed by atoms with Crippen LogP contribution in [0.3, 0.4) is 0 Å². The molecule has 1 rings (SSSR count). The molecule has 0 spiro atoms. The van der Waals surface area contributed by atoms with Crippen LogP contribution in [0.15, 0.2) is 0 Å². The first kappa shape index (κ1) is 10.5. The van der Waals surface area contributed by atoms with Crippen molar-refractivity contribution in [3.05, 3.63) is 0 Å². The lowest BCUT2D eigenvalue weighted by Crippen LogP contribution is -2.38. The molecule has 1 aliphatic rings. The molecule has 13 heavy (non-hydrogen) atoms. The minimum Gasteiger partial charge on any atom is -0.480 e. The lowest BCUT2D eigenvalue weighted by Gasteiger charge is -2.22. The van der Waals surface area contributed by atoms with E-state index in [0.29, 0.717) is 12.3 Å². The molecular formula is C9H18N2O2. The Hall–Kier alpha value is -0.610. The van der Waals surface area contributed by atoms with Gasteiger partial charge in [-0.15, -0.1) is 0 Å². The van der Waals surface area contributed by atoms with Crippen molar-refractivity contribution in [2.75, 3.05) is 13.1 Å². The molecular weight excluding hydrogens is 168 g/mol. The average Bonchev–Trinajstić information content (AvgIpc) is 2.29. The summed E-state index contributed by atoms with van der Waals surface area (Å²) in [5.41, 5.74) is 5.72. The summed E-state index contributed by atoms with van der Waals surface area (Å²) < 4.78 is 0. The summed E-state index contributed by atoms with van der Waals surface area (Å²) in [7, 11) is 0. The quantitative estimate of drug-likeness (QED) is 0.657. The van der Waals surface area contributed by atoms with Crippen molar-refractivity contribution in [3.63, 3.8) is 0 Å². The van der Waals surface area contributed by atoms with Gasteiger partial charge in [0.25, 0.3) is 0 Å². The first-order valence-corrected chi connectivity index (χ1v) is 4.73. The molecule has 1 saturated heterocycles. The number of nitrogens with two attached hydrogens (primary N) is 1. The summed E-state index contributed by atoms with van der Waals surface area (Å²) in [6.07, 6.45) is 0.585. The maximum absolute atomic E-state index is 10.8. The number of carbonyl (C=O) groups is 1. The fourth-order valence-corrected chi connectivity index (χ4v) is 1.87. The van der Waals surface area contributed by atoms with Crippen LogP contribution >= 0.6 is 0 Å². The van der Waals surface area contributed by atoms with Gasteiger partial charge in [-0.25, -0.2) is 0 Å². The van der Waals surface area contributed by atoms with Crippen molar-refractivity contribution >= 4 is 5.97 Å². The molecule has 0 saturated carbocycles. The molecule has 1 heterocycles.